The van der Waals surface area contributed by atoms with Gasteiger partial charge in [0, 0.05) is 6.54 Å². The number of nitrogens with zero attached hydrogens (tertiary/aromatic N) is 1. The van der Waals surface area contributed by atoms with Crippen molar-refractivity contribution in [1.29, 1.82) is 0 Å². The lowest BCUT2D eigenvalue weighted by atomic mass is 10.1. The van der Waals surface area contributed by atoms with Crippen LogP contribution in [0.1, 0.15) is 27.7 Å². The monoisotopic (exact) mass is 183 g/mol. The summed E-state index contributed by atoms with van der Waals surface area (Å²) in [6.45, 7) is 10.8. The molecule has 0 atom stereocenters. The molecule has 0 unspecified atom stereocenters. The van der Waals surface area contributed by atoms with E-state index < -0.39 is 5.60 Å². The molecular weight excluding hydrogens is 162 g/mol. The molecule has 0 aromatic heterocycles. The summed E-state index contributed by atoms with van der Waals surface area (Å²) in [5.74, 6) is 0. The topological polar surface area (TPSA) is 23.5 Å². The first-order valence-corrected chi connectivity index (χ1v) is 4.86. The maximum Gasteiger partial charge on any atom is 0.0844 e. The van der Waals surface area contributed by atoms with E-state index in [0.29, 0.717) is 0 Å². The van der Waals surface area contributed by atoms with Crippen LogP contribution in [0.3, 0.4) is 0 Å². The van der Waals surface area contributed by atoms with Crippen LogP contribution < -0.4 is 0 Å². The summed E-state index contributed by atoms with van der Waals surface area (Å²) >= 11 is 0. The van der Waals surface area contributed by atoms with E-state index in [9.17, 15) is 5.11 Å². The SMILES string of the molecule is CCN(CC)CC=C=CC(C)(C)O. The molecule has 0 amide bonds. The Balaban J connectivity index is 3.93. The highest BCUT2D eigenvalue weighted by atomic mass is 16.3. The van der Waals surface area contributed by atoms with E-state index >= 15 is 0 Å². The zero-order valence-corrected chi connectivity index (χ0v) is 9.17. The lowest BCUT2D eigenvalue weighted by Gasteiger charge is -2.14. The van der Waals surface area contributed by atoms with Crippen LogP contribution in [-0.4, -0.2) is 35.2 Å². The third-order valence-electron chi connectivity index (χ3n) is 1.80. The van der Waals surface area contributed by atoms with Crippen LogP contribution in [0, 0.1) is 0 Å². The number of likely N-dealkylation sites (N-methyl/N-ethyl adjacent to an activating group) is 1. The highest BCUT2D eigenvalue weighted by Crippen LogP contribution is 2.00. The fraction of sp³-hybridized carbons (Fsp3) is 0.727. The second kappa shape index (κ2) is 5.98. The van der Waals surface area contributed by atoms with Gasteiger partial charge in [0.05, 0.1) is 5.60 Å². The van der Waals surface area contributed by atoms with Crippen LogP contribution in [0.5, 0.6) is 0 Å². The molecule has 0 spiro atoms. The molecule has 0 aromatic rings. The molecule has 13 heavy (non-hydrogen) atoms. The van der Waals surface area contributed by atoms with E-state index in [4.69, 9.17) is 0 Å². The average molecular weight is 183 g/mol. The molecule has 2 heteroatoms. The standard InChI is InChI=1S/C11H21NO/c1-5-12(6-2)10-8-7-9-11(3,4)13/h8-9,13H,5-6,10H2,1-4H3. The van der Waals surface area contributed by atoms with Gasteiger partial charge >= 0.3 is 0 Å². The summed E-state index contributed by atoms with van der Waals surface area (Å²) in [5, 5.41) is 9.35. The van der Waals surface area contributed by atoms with Gasteiger partial charge in [-0.2, -0.15) is 0 Å². The fourth-order valence-electron chi connectivity index (χ4n) is 0.926. The first kappa shape index (κ1) is 12.4. The van der Waals surface area contributed by atoms with Crippen molar-refractivity contribution in [2.75, 3.05) is 19.6 Å². The molecule has 1 N–H and O–H groups in total. The van der Waals surface area contributed by atoms with Crippen molar-refractivity contribution >= 4 is 0 Å². The minimum Gasteiger partial charge on any atom is -0.386 e. The van der Waals surface area contributed by atoms with Crippen LogP contribution in [0.15, 0.2) is 17.9 Å². The normalized spacial score (nSPS) is 11.2. The Morgan fingerprint density at radius 3 is 2.23 bits per heavy atom. The molecule has 2 nitrogen and oxygen atoms in total. The molecule has 76 valence electrons. The molecule has 0 saturated heterocycles. The van der Waals surface area contributed by atoms with Gasteiger partial charge in [-0.05, 0) is 39.1 Å². The fourth-order valence-corrected chi connectivity index (χ4v) is 0.926. The predicted octanol–water partition coefficient (Wildman–Crippen LogP) is 1.81. The van der Waals surface area contributed by atoms with Gasteiger partial charge in [-0.3, -0.25) is 4.90 Å². The van der Waals surface area contributed by atoms with Crippen LogP contribution in [-0.2, 0) is 0 Å². The summed E-state index contributed by atoms with van der Waals surface area (Å²) in [6, 6.07) is 0. The molecular formula is C11H21NO. The number of hydrogen-bond acceptors (Lipinski definition) is 2. The molecule has 0 fully saturated rings. The van der Waals surface area contributed by atoms with Gasteiger partial charge in [-0.25, -0.2) is 0 Å². The van der Waals surface area contributed by atoms with Crippen LogP contribution in [0.2, 0.25) is 0 Å². The average Bonchev–Trinajstić information content (AvgIpc) is 2.03. The third kappa shape index (κ3) is 7.79. The number of rotatable bonds is 5. The summed E-state index contributed by atoms with van der Waals surface area (Å²) < 4.78 is 0. The Hall–Kier alpha value is -0.560. The van der Waals surface area contributed by atoms with Gasteiger partial charge in [0.2, 0.25) is 0 Å². The van der Waals surface area contributed by atoms with Crippen molar-refractivity contribution in [3.05, 3.63) is 17.9 Å². The number of hydrogen-bond donors (Lipinski definition) is 1. The summed E-state index contributed by atoms with van der Waals surface area (Å²) in [6.07, 6.45) is 3.63. The lowest BCUT2D eigenvalue weighted by Crippen LogP contribution is -2.22. The van der Waals surface area contributed by atoms with Gasteiger partial charge in [0.25, 0.3) is 0 Å². The molecule has 0 aliphatic carbocycles. The van der Waals surface area contributed by atoms with Gasteiger partial charge < -0.3 is 5.11 Å². The van der Waals surface area contributed by atoms with Crippen molar-refractivity contribution in [1.82, 2.24) is 4.90 Å². The Morgan fingerprint density at radius 2 is 1.85 bits per heavy atom. The van der Waals surface area contributed by atoms with E-state index in [0.717, 1.165) is 19.6 Å². The minimum atomic E-state index is -0.750. The molecule has 0 rings (SSSR count). The van der Waals surface area contributed by atoms with Crippen LogP contribution in [0.4, 0.5) is 0 Å². The summed E-state index contributed by atoms with van der Waals surface area (Å²) in [5.41, 5.74) is 2.23. The summed E-state index contributed by atoms with van der Waals surface area (Å²) in [7, 11) is 0. The quantitative estimate of drug-likeness (QED) is 0.657. The maximum absolute atomic E-state index is 9.35. The number of aliphatic hydroxyl groups is 1. The van der Waals surface area contributed by atoms with Crippen molar-refractivity contribution in [2.45, 2.75) is 33.3 Å². The lowest BCUT2D eigenvalue weighted by molar-refractivity contribution is 0.133. The van der Waals surface area contributed by atoms with Crippen molar-refractivity contribution in [2.24, 2.45) is 0 Å². The van der Waals surface area contributed by atoms with E-state index in [1.807, 2.05) is 6.08 Å². The largest absolute Gasteiger partial charge is 0.386 e. The third-order valence-corrected chi connectivity index (χ3v) is 1.80. The van der Waals surface area contributed by atoms with E-state index in [1.54, 1.807) is 19.9 Å². The molecule has 0 bridgehead atoms. The van der Waals surface area contributed by atoms with Crippen LogP contribution in [0.25, 0.3) is 0 Å². The summed E-state index contributed by atoms with van der Waals surface area (Å²) in [4.78, 5) is 2.28. The molecule has 0 aromatic carbocycles. The highest BCUT2D eigenvalue weighted by molar-refractivity contribution is 4.96. The predicted molar refractivity (Wildman–Crippen MR) is 56.7 cm³/mol. The molecule has 0 radical (unpaired) electrons. The van der Waals surface area contributed by atoms with E-state index in [-0.39, 0.29) is 0 Å². The van der Waals surface area contributed by atoms with Gasteiger partial charge in [0.1, 0.15) is 0 Å². The first-order chi connectivity index (χ1) is 5.99. The smallest absolute Gasteiger partial charge is 0.0844 e. The Kier molecular flexibility index (Phi) is 5.72. The Morgan fingerprint density at radius 1 is 1.31 bits per heavy atom. The molecule has 0 aliphatic rings. The van der Waals surface area contributed by atoms with Gasteiger partial charge in [0.15, 0.2) is 0 Å². The Labute approximate surface area is 81.6 Å². The highest BCUT2D eigenvalue weighted by Gasteiger charge is 2.04. The van der Waals surface area contributed by atoms with Crippen molar-refractivity contribution in [3.63, 3.8) is 0 Å². The second-order valence-corrected chi connectivity index (χ2v) is 3.65. The first-order valence-electron chi connectivity index (χ1n) is 4.86. The zero-order chi connectivity index (χ0) is 10.3. The van der Waals surface area contributed by atoms with Gasteiger partial charge in [-0.1, -0.05) is 13.8 Å². The van der Waals surface area contributed by atoms with Crippen LogP contribution >= 0.6 is 0 Å². The zero-order valence-electron chi connectivity index (χ0n) is 9.17. The molecule has 0 heterocycles. The van der Waals surface area contributed by atoms with Crippen molar-refractivity contribution in [3.8, 4) is 0 Å². The molecule has 0 saturated carbocycles. The van der Waals surface area contributed by atoms with Gasteiger partial charge in [-0.15, -0.1) is 5.73 Å². The maximum atomic E-state index is 9.35. The van der Waals surface area contributed by atoms with Crippen molar-refractivity contribution < 1.29 is 5.11 Å². The van der Waals surface area contributed by atoms with E-state index in [1.165, 1.54) is 0 Å². The molecule has 0 aliphatic heterocycles. The minimum absolute atomic E-state index is 0.750. The second-order valence-electron chi connectivity index (χ2n) is 3.65. The Bertz CT molecular complexity index is 181. The van der Waals surface area contributed by atoms with E-state index in [2.05, 4.69) is 24.5 Å².